The van der Waals surface area contributed by atoms with Crippen LogP contribution >= 0.6 is 0 Å². The Balaban J connectivity index is 3.33. The second-order valence-corrected chi connectivity index (χ2v) is 4.78. The van der Waals surface area contributed by atoms with E-state index in [4.69, 9.17) is 10.2 Å². The van der Waals surface area contributed by atoms with Gasteiger partial charge < -0.3 is 10.2 Å². The van der Waals surface area contributed by atoms with Crippen LogP contribution in [0.15, 0.2) is 36.5 Å². The molecule has 0 saturated carbocycles. The minimum absolute atomic E-state index is 0.251. The molecule has 0 atom stereocenters. The Labute approximate surface area is 122 Å². The molecule has 0 aliphatic carbocycles. The van der Waals surface area contributed by atoms with Gasteiger partial charge in [0.15, 0.2) is 0 Å². The number of carbonyl (C=O) groups is 1. The number of rotatable bonds is 13. The lowest BCUT2D eigenvalue weighted by molar-refractivity contribution is -0.137. The summed E-state index contributed by atoms with van der Waals surface area (Å²) < 4.78 is 0. The van der Waals surface area contributed by atoms with Crippen molar-refractivity contribution in [3.05, 3.63) is 36.5 Å². The third kappa shape index (κ3) is 16.6. The number of hydrogen-bond acceptors (Lipinski definition) is 2. The van der Waals surface area contributed by atoms with Gasteiger partial charge >= 0.3 is 5.97 Å². The van der Waals surface area contributed by atoms with Crippen LogP contribution in [0.1, 0.15) is 57.8 Å². The van der Waals surface area contributed by atoms with Gasteiger partial charge in [-0.25, -0.2) is 0 Å². The van der Waals surface area contributed by atoms with Gasteiger partial charge in [0, 0.05) is 13.0 Å². The molecule has 0 bridgehead atoms. The van der Waals surface area contributed by atoms with Gasteiger partial charge in [0.1, 0.15) is 0 Å². The molecule has 0 aromatic rings. The zero-order chi connectivity index (χ0) is 14.9. The number of aliphatic hydroxyl groups is 1. The first-order valence-corrected chi connectivity index (χ1v) is 7.56. The smallest absolute Gasteiger partial charge is 0.303 e. The van der Waals surface area contributed by atoms with Crippen LogP contribution < -0.4 is 0 Å². The normalized spacial score (nSPS) is 12.1. The minimum atomic E-state index is -0.722. The van der Waals surface area contributed by atoms with E-state index in [-0.39, 0.29) is 6.42 Å². The number of allylic oxidation sites excluding steroid dienone is 6. The zero-order valence-corrected chi connectivity index (χ0v) is 12.3. The monoisotopic (exact) mass is 280 g/mol. The second kappa shape index (κ2) is 15.7. The van der Waals surface area contributed by atoms with E-state index in [0.29, 0.717) is 13.0 Å². The van der Waals surface area contributed by atoms with Gasteiger partial charge in [-0.3, -0.25) is 4.79 Å². The van der Waals surface area contributed by atoms with Crippen LogP contribution in [-0.2, 0) is 4.79 Å². The summed E-state index contributed by atoms with van der Waals surface area (Å²) in [6.07, 6.45) is 20.7. The molecule has 2 N–H and O–H groups in total. The summed E-state index contributed by atoms with van der Waals surface area (Å²) in [5, 5.41) is 17.1. The molecule has 0 heterocycles. The lowest BCUT2D eigenvalue weighted by Crippen LogP contribution is -1.92. The molecule has 0 radical (unpaired) electrons. The lowest BCUT2D eigenvalue weighted by atomic mass is 10.1. The molecule has 0 fully saturated rings. The molecule has 3 heteroatoms. The van der Waals surface area contributed by atoms with E-state index < -0.39 is 5.97 Å². The van der Waals surface area contributed by atoms with Crippen LogP contribution in [0.25, 0.3) is 0 Å². The first-order chi connectivity index (χ1) is 9.77. The van der Waals surface area contributed by atoms with E-state index in [1.54, 1.807) is 0 Å². The molecular weight excluding hydrogens is 252 g/mol. The first kappa shape index (κ1) is 18.7. The number of aliphatic carboxylic acids is 1. The van der Waals surface area contributed by atoms with Crippen LogP contribution in [0.5, 0.6) is 0 Å². The molecule has 0 aliphatic heterocycles. The molecule has 0 saturated heterocycles. The van der Waals surface area contributed by atoms with E-state index in [9.17, 15) is 4.79 Å². The van der Waals surface area contributed by atoms with Gasteiger partial charge in [-0.2, -0.15) is 0 Å². The molecule has 3 nitrogen and oxygen atoms in total. The summed E-state index contributed by atoms with van der Waals surface area (Å²) in [5.74, 6) is -0.722. The maximum Gasteiger partial charge on any atom is 0.303 e. The summed E-state index contributed by atoms with van der Waals surface area (Å²) in [6, 6.07) is 0. The van der Waals surface area contributed by atoms with Gasteiger partial charge in [-0.05, 0) is 38.5 Å². The van der Waals surface area contributed by atoms with Crippen molar-refractivity contribution in [3.63, 3.8) is 0 Å². The Kier molecular flexibility index (Phi) is 14.6. The van der Waals surface area contributed by atoms with Crippen molar-refractivity contribution in [1.82, 2.24) is 0 Å². The third-order valence-corrected chi connectivity index (χ3v) is 2.86. The van der Waals surface area contributed by atoms with Crippen molar-refractivity contribution in [1.29, 1.82) is 0 Å². The van der Waals surface area contributed by atoms with Gasteiger partial charge in [0.25, 0.3) is 0 Å². The van der Waals surface area contributed by atoms with Gasteiger partial charge in [0.05, 0.1) is 0 Å². The molecular formula is C17H28O3. The predicted molar refractivity (Wildman–Crippen MR) is 83.7 cm³/mol. The van der Waals surface area contributed by atoms with Crippen molar-refractivity contribution in [3.8, 4) is 0 Å². The fourth-order valence-corrected chi connectivity index (χ4v) is 1.72. The van der Waals surface area contributed by atoms with Crippen LogP contribution in [0.3, 0.4) is 0 Å². The first-order valence-electron chi connectivity index (χ1n) is 7.56. The summed E-state index contributed by atoms with van der Waals surface area (Å²) in [6.45, 7) is 0.308. The molecule has 0 aromatic carbocycles. The number of unbranched alkanes of at least 4 members (excludes halogenated alkanes) is 5. The van der Waals surface area contributed by atoms with E-state index in [2.05, 4.69) is 30.4 Å². The third-order valence-electron chi connectivity index (χ3n) is 2.86. The van der Waals surface area contributed by atoms with E-state index in [1.807, 2.05) is 6.08 Å². The number of carboxylic acid groups (broad SMARTS) is 1. The van der Waals surface area contributed by atoms with E-state index in [1.165, 1.54) is 12.8 Å². The van der Waals surface area contributed by atoms with E-state index in [0.717, 1.165) is 32.1 Å². The summed E-state index contributed by atoms with van der Waals surface area (Å²) in [5.41, 5.74) is 0. The van der Waals surface area contributed by atoms with Gasteiger partial charge in [-0.1, -0.05) is 49.3 Å². The lowest BCUT2D eigenvalue weighted by Gasteiger charge is -1.95. The van der Waals surface area contributed by atoms with Crippen molar-refractivity contribution < 1.29 is 15.0 Å². The van der Waals surface area contributed by atoms with Crippen molar-refractivity contribution in [2.24, 2.45) is 0 Å². The van der Waals surface area contributed by atoms with Gasteiger partial charge in [-0.15, -0.1) is 0 Å². The second-order valence-electron chi connectivity index (χ2n) is 4.78. The Morgan fingerprint density at radius 2 is 1.50 bits per heavy atom. The maximum atomic E-state index is 10.3. The Morgan fingerprint density at radius 3 is 2.25 bits per heavy atom. The molecule has 0 aliphatic rings. The maximum absolute atomic E-state index is 10.3. The molecule has 0 rings (SSSR count). The predicted octanol–water partition coefficient (Wildman–Crippen LogP) is 4.24. The highest BCUT2D eigenvalue weighted by molar-refractivity contribution is 5.66. The topological polar surface area (TPSA) is 57.5 Å². The molecule has 114 valence electrons. The average Bonchev–Trinajstić information content (AvgIpc) is 2.43. The Bertz CT molecular complexity index is 303. The molecule has 0 amide bonds. The summed E-state index contributed by atoms with van der Waals surface area (Å²) >= 11 is 0. The average molecular weight is 280 g/mol. The van der Waals surface area contributed by atoms with Crippen LogP contribution in [-0.4, -0.2) is 22.8 Å². The van der Waals surface area contributed by atoms with Crippen LogP contribution in [0.4, 0.5) is 0 Å². The van der Waals surface area contributed by atoms with E-state index >= 15 is 0 Å². The molecule has 0 spiro atoms. The molecule has 0 unspecified atom stereocenters. The summed E-state index contributed by atoms with van der Waals surface area (Å²) in [4.78, 5) is 10.3. The Hall–Kier alpha value is -1.35. The number of aliphatic hydroxyl groups excluding tert-OH is 1. The highest BCUT2D eigenvalue weighted by atomic mass is 16.4. The zero-order valence-electron chi connectivity index (χ0n) is 12.3. The number of carboxylic acids is 1. The minimum Gasteiger partial charge on any atom is -0.481 e. The standard InChI is InChI=1S/C17H28O3/c18-16-14-12-10-8-6-4-2-1-3-5-7-9-11-13-15-17(19)20/h1-4,7,9,18H,5-6,8,10-16H2,(H,19,20)/b3-1?,4-2+,9-7-. The molecule has 20 heavy (non-hydrogen) atoms. The quantitative estimate of drug-likeness (QED) is 0.301. The fraction of sp³-hybridized carbons (Fsp3) is 0.588. The van der Waals surface area contributed by atoms with Crippen molar-refractivity contribution in [2.45, 2.75) is 57.8 Å². The largest absolute Gasteiger partial charge is 0.481 e. The number of hydrogen-bond donors (Lipinski definition) is 2. The van der Waals surface area contributed by atoms with Crippen LogP contribution in [0.2, 0.25) is 0 Å². The SMILES string of the molecule is O=C(O)CCC/C=C\CC=C/C=C/CCCCCCO. The fourth-order valence-electron chi connectivity index (χ4n) is 1.72. The van der Waals surface area contributed by atoms with Crippen LogP contribution in [0, 0.1) is 0 Å². The Morgan fingerprint density at radius 1 is 0.800 bits per heavy atom. The van der Waals surface area contributed by atoms with Gasteiger partial charge in [0.2, 0.25) is 0 Å². The highest BCUT2D eigenvalue weighted by Gasteiger charge is 1.92. The highest BCUT2D eigenvalue weighted by Crippen LogP contribution is 2.03. The molecule has 0 aromatic heterocycles. The van der Waals surface area contributed by atoms with Crippen molar-refractivity contribution in [2.75, 3.05) is 6.61 Å². The summed E-state index contributed by atoms with van der Waals surface area (Å²) in [7, 11) is 0. The van der Waals surface area contributed by atoms with Crippen molar-refractivity contribution >= 4 is 5.97 Å².